The van der Waals surface area contributed by atoms with Crippen LogP contribution in [0.25, 0.3) is 5.57 Å². The van der Waals surface area contributed by atoms with Crippen LogP contribution in [-0.2, 0) is 0 Å². The molecule has 20 heavy (non-hydrogen) atoms. The van der Waals surface area contributed by atoms with E-state index in [0.29, 0.717) is 11.5 Å². The molecule has 0 saturated carbocycles. The van der Waals surface area contributed by atoms with Crippen molar-refractivity contribution in [1.82, 2.24) is 0 Å². The Kier molecular flexibility index (Phi) is 4.73. The number of oxime groups is 1. The van der Waals surface area contributed by atoms with Gasteiger partial charge in [0.2, 0.25) is 0 Å². The Labute approximate surface area is 118 Å². The Bertz CT molecular complexity index is 616. The standard InChI is InChI=1S/C17H16N2O/c1-2-17(19-20-15-11-7-4-8-12-15)16(13-18)14-9-5-3-6-10-14/h2-13H,1,18H2. The van der Waals surface area contributed by atoms with E-state index in [4.69, 9.17) is 10.6 Å². The molecule has 0 radical (unpaired) electrons. The lowest BCUT2D eigenvalue weighted by atomic mass is 10.0. The minimum absolute atomic E-state index is 0.586. The summed E-state index contributed by atoms with van der Waals surface area (Å²) in [6, 6.07) is 19.1. The van der Waals surface area contributed by atoms with Crippen molar-refractivity contribution in [3.05, 3.63) is 85.1 Å². The zero-order valence-electron chi connectivity index (χ0n) is 11.1. The van der Waals surface area contributed by atoms with Gasteiger partial charge in [0.25, 0.3) is 0 Å². The first-order valence-corrected chi connectivity index (χ1v) is 6.25. The first kappa shape index (κ1) is 13.6. The van der Waals surface area contributed by atoms with Crippen LogP contribution >= 0.6 is 0 Å². The van der Waals surface area contributed by atoms with Gasteiger partial charge in [-0.15, -0.1) is 0 Å². The molecule has 2 N–H and O–H groups in total. The maximum Gasteiger partial charge on any atom is 0.157 e. The van der Waals surface area contributed by atoms with E-state index in [0.717, 1.165) is 11.1 Å². The zero-order chi connectivity index (χ0) is 14.2. The van der Waals surface area contributed by atoms with Crippen molar-refractivity contribution in [2.75, 3.05) is 0 Å². The van der Waals surface area contributed by atoms with Crippen molar-refractivity contribution in [2.45, 2.75) is 0 Å². The molecule has 2 aromatic rings. The predicted molar refractivity (Wildman–Crippen MR) is 83.3 cm³/mol. The van der Waals surface area contributed by atoms with Crippen LogP contribution in [0.3, 0.4) is 0 Å². The summed E-state index contributed by atoms with van der Waals surface area (Å²) in [5.74, 6) is 0.663. The van der Waals surface area contributed by atoms with Crippen LogP contribution in [0.5, 0.6) is 5.75 Å². The fourth-order valence-electron chi connectivity index (χ4n) is 1.73. The van der Waals surface area contributed by atoms with Crippen molar-refractivity contribution in [1.29, 1.82) is 0 Å². The lowest BCUT2D eigenvalue weighted by Crippen LogP contribution is -2.03. The second kappa shape index (κ2) is 6.95. The fraction of sp³-hybridized carbons (Fsp3) is 0. The Morgan fingerprint density at radius 2 is 1.60 bits per heavy atom. The molecular formula is C17H16N2O. The van der Waals surface area contributed by atoms with Crippen molar-refractivity contribution in [3.8, 4) is 5.75 Å². The SMILES string of the molecule is C=CC(=NOc1ccccc1)C(=CN)c1ccccc1. The number of benzene rings is 2. The van der Waals surface area contributed by atoms with Gasteiger partial charge in [0.05, 0.1) is 0 Å². The van der Waals surface area contributed by atoms with Crippen LogP contribution in [0.2, 0.25) is 0 Å². The maximum atomic E-state index is 5.70. The van der Waals surface area contributed by atoms with Gasteiger partial charge in [0.1, 0.15) is 5.71 Å². The first-order valence-electron chi connectivity index (χ1n) is 6.25. The quantitative estimate of drug-likeness (QED) is 0.662. The molecule has 0 aliphatic rings. The van der Waals surface area contributed by atoms with Crippen molar-refractivity contribution in [3.63, 3.8) is 0 Å². The minimum atomic E-state index is 0.586. The average molecular weight is 264 g/mol. The van der Waals surface area contributed by atoms with E-state index < -0.39 is 0 Å². The van der Waals surface area contributed by atoms with Gasteiger partial charge in [-0.2, -0.15) is 0 Å². The van der Waals surface area contributed by atoms with Crippen molar-refractivity contribution in [2.24, 2.45) is 10.9 Å². The van der Waals surface area contributed by atoms with Gasteiger partial charge in [-0.1, -0.05) is 60.3 Å². The summed E-state index contributed by atoms with van der Waals surface area (Å²) in [5, 5.41) is 4.11. The van der Waals surface area contributed by atoms with E-state index in [-0.39, 0.29) is 0 Å². The summed E-state index contributed by atoms with van der Waals surface area (Å²) in [7, 11) is 0. The third-order valence-electron chi connectivity index (χ3n) is 2.71. The van der Waals surface area contributed by atoms with Crippen LogP contribution in [0, 0.1) is 0 Å². The summed E-state index contributed by atoms with van der Waals surface area (Å²) >= 11 is 0. The molecule has 2 rings (SSSR count). The molecule has 0 bridgehead atoms. The Morgan fingerprint density at radius 1 is 1.00 bits per heavy atom. The Hall–Kier alpha value is -2.81. The second-order valence-corrected chi connectivity index (χ2v) is 4.03. The number of rotatable bonds is 5. The molecule has 0 saturated heterocycles. The summed E-state index contributed by atoms with van der Waals surface area (Å²) < 4.78 is 0. The van der Waals surface area contributed by atoms with E-state index in [1.807, 2.05) is 60.7 Å². The maximum absolute atomic E-state index is 5.70. The van der Waals surface area contributed by atoms with Gasteiger partial charge in [0.15, 0.2) is 5.75 Å². The first-order chi connectivity index (χ1) is 9.85. The summed E-state index contributed by atoms with van der Waals surface area (Å²) in [4.78, 5) is 5.38. The van der Waals surface area contributed by atoms with E-state index in [1.54, 1.807) is 6.08 Å². The summed E-state index contributed by atoms with van der Waals surface area (Å²) in [6.07, 6.45) is 3.12. The van der Waals surface area contributed by atoms with Crippen LogP contribution in [-0.4, -0.2) is 5.71 Å². The van der Waals surface area contributed by atoms with Gasteiger partial charge in [-0.05, 0) is 23.8 Å². The van der Waals surface area contributed by atoms with E-state index in [2.05, 4.69) is 11.7 Å². The fourth-order valence-corrected chi connectivity index (χ4v) is 1.73. The van der Waals surface area contributed by atoms with Gasteiger partial charge >= 0.3 is 0 Å². The Morgan fingerprint density at radius 3 is 2.15 bits per heavy atom. The Balaban J connectivity index is 2.25. The molecule has 0 heterocycles. The van der Waals surface area contributed by atoms with Crippen LogP contribution in [0.4, 0.5) is 0 Å². The van der Waals surface area contributed by atoms with E-state index in [1.165, 1.54) is 6.20 Å². The molecule has 0 aromatic heterocycles. The molecule has 0 aliphatic heterocycles. The van der Waals surface area contributed by atoms with Gasteiger partial charge in [-0.25, -0.2) is 0 Å². The number of nitrogens with zero attached hydrogens (tertiary/aromatic N) is 1. The number of hydrogen-bond acceptors (Lipinski definition) is 3. The second-order valence-electron chi connectivity index (χ2n) is 4.03. The molecule has 0 aliphatic carbocycles. The van der Waals surface area contributed by atoms with Crippen LogP contribution < -0.4 is 10.6 Å². The van der Waals surface area contributed by atoms with Gasteiger partial charge in [0, 0.05) is 11.8 Å². The minimum Gasteiger partial charge on any atom is -0.404 e. The topological polar surface area (TPSA) is 47.6 Å². The molecule has 0 unspecified atom stereocenters. The largest absolute Gasteiger partial charge is 0.404 e. The lowest BCUT2D eigenvalue weighted by molar-refractivity contribution is 0.342. The molecule has 0 spiro atoms. The molecule has 0 amide bonds. The molecule has 0 fully saturated rings. The molecule has 2 aromatic carbocycles. The highest BCUT2D eigenvalue weighted by atomic mass is 16.6. The number of hydrogen-bond donors (Lipinski definition) is 1. The smallest absolute Gasteiger partial charge is 0.157 e. The van der Waals surface area contributed by atoms with Gasteiger partial charge in [-0.3, -0.25) is 0 Å². The number of para-hydroxylation sites is 1. The molecule has 100 valence electrons. The van der Waals surface area contributed by atoms with Crippen molar-refractivity contribution >= 4 is 11.3 Å². The molecular weight excluding hydrogens is 248 g/mol. The number of allylic oxidation sites excluding steroid dienone is 2. The highest BCUT2D eigenvalue weighted by Crippen LogP contribution is 2.17. The highest BCUT2D eigenvalue weighted by molar-refractivity contribution is 6.28. The molecule has 0 atom stereocenters. The molecule has 3 heteroatoms. The van der Waals surface area contributed by atoms with Crippen molar-refractivity contribution < 1.29 is 4.84 Å². The summed E-state index contributed by atoms with van der Waals surface area (Å²) in [6.45, 7) is 3.76. The molecule has 3 nitrogen and oxygen atoms in total. The van der Waals surface area contributed by atoms with Gasteiger partial charge < -0.3 is 10.6 Å². The predicted octanol–water partition coefficient (Wildman–Crippen LogP) is 3.61. The summed E-state index contributed by atoms with van der Waals surface area (Å²) in [5.41, 5.74) is 8.03. The highest BCUT2D eigenvalue weighted by Gasteiger charge is 2.07. The monoisotopic (exact) mass is 264 g/mol. The van der Waals surface area contributed by atoms with Crippen LogP contribution in [0.15, 0.2) is 84.7 Å². The third-order valence-corrected chi connectivity index (χ3v) is 2.71. The lowest BCUT2D eigenvalue weighted by Gasteiger charge is -2.07. The van der Waals surface area contributed by atoms with E-state index >= 15 is 0 Å². The normalized spacial score (nSPS) is 12.0. The third kappa shape index (κ3) is 3.36. The van der Waals surface area contributed by atoms with Crippen LogP contribution in [0.1, 0.15) is 5.56 Å². The average Bonchev–Trinajstić information content (AvgIpc) is 2.53. The zero-order valence-corrected chi connectivity index (χ0v) is 11.1. The van der Waals surface area contributed by atoms with E-state index in [9.17, 15) is 0 Å². The number of nitrogens with two attached hydrogens (primary N) is 1.